The van der Waals surface area contributed by atoms with E-state index in [9.17, 15) is 0 Å². The van der Waals surface area contributed by atoms with Gasteiger partial charge in [0, 0.05) is 18.3 Å². The van der Waals surface area contributed by atoms with Crippen molar-refractivity contribution >= 4 is 0 Å². The highest BCUT2D eigenvalue weighted by molar-refractivity contribution is 5.18. The van der Waals surface area contributed by atoms with E-state index in [2.05, 4.69) is 47.6 Å². The molecule has 0 bridgehead atoms. The van der Waals surface area contributed by atoms with Crippen molar-refractivity contribution in [3.05, 3.63) is 65.5 Å². The van der Waals surface area contributed by atoms with Gasteiger partial charge in [0.2, 0.25) is 0 Å². The summed E-state index contributed by atoms with van der Waals surface area (Å²) in [7, 11) is 0. The van der Waals surface area contributed by atoms with Gasteiger partial charge in [-0.05, 0) is 31.5 Å². The molecule has 1 atom stereocenters. The van der Waals surface area contributed by atoms with E-state index in [0.717, 1.165) is 17.9 Å². The third kappa shape index (κ3) is 3.40. The Kier molecular flexibility index (Phi) is 3.89. The molecule has 0 amide bonds. The van der Waals surface area contributed by atoms with Crippen molar-refractivity contribution in [1.82, 2.24) is 10.3 Å². The van der Waals surface area contributed by atoms with E-state index in [0.29, 0.717) is 6.04 Å². The molecule has 2 rings (SSSR count). The number of pyridine rings is 1. The van der Waals surface area contributed by atoms with Crippen molar-refractivity contribution in [2.75, 3.05) is 0 Å². The number of rotatable bonds is 4. The lowest BCUT2D eigenvalue weighted by Crippen LogP contribution is -2.18. The van der Waals surface area contributed by atoms with Crippen LogP contribution in [-0.4, -0.2) is 4.98 Å². The second-order valence-corrected chi connectivity index (χ2v) is 4.28. The Morgan fingerprint density at radius 2 is 1.82 bits per heavy atom. The molecular weight excluding hydrogens is 208 g/mol. The first-order chi connectivity index (χ1) is 8.25. The minimum atomic E-state index is 0.346. The van der Waals surface area contributed by atoms with E-state index in [1.54, 1.807) is 0 Å². The molecule has 0 aliphatic carbocycles. The predicted molar refractivity (Wildman–Crippen MR) is 70.7 cm³/mol. The lowest BCUT2D eigenvalue weighted by Gasteiger charge is -2.13. The van der Waals surface area contributed by atoms with Crippen LogP contribution in [0.5, 0.6) is 0 Å². The molecule has 0 saturated carbocycles. The first kappa shape index (κ1) is 11.8. The number of nitrogens with one attached hydrogen (secondary N) is 1. The third-order valence-electron chi connectivity index (χ3n) is 2.83. The molecule has 1 heterocycles. The highest BCUT2D eigenvalue weighted by atomic mass is 14.9. The van der Waals surface area contributed by atoms with Crippen molar-refractivity contribution in [3.63, 3.8) is 0 Å². The lowest BCUT2D eigenvalue weighted by molar-refractivity contribution is 0.567. The van der Waals surface area contributed by atoms with E-state index in [-0.39, 0.29) is 0 Å². The van der Waals surface area contributed by atoms with Crippen LogP contribution in [0.4, 0.5) is 0 Å². The summed E-state index contributed by atoms with van der Waals surface area (Å²) in [5.41, 5.74) is 3.46. The lowest BCUT2D eigenvalue weighted by atomic mass is 10.1. The van der Waals surface area contributed by atoms with Gasteiger partial charge < -0.3 is 5.32 Å². The van der Waals surface area contributed by atoms with Crippen molar-refractivity contribution in [2.45, 2.75) is 26.4 Å². The van der Waals surface area contributed by atoms with Gasteiger partial charge in [-0.25, -0.2) is 0 Å². The number of aryl methyl sites for hydroxylation is 1. The normalized spacial score (nSPS) is 12.4. The summed E-state index contributed by atoms with van der Waals surface area (Å²) in [6.45, 7) is 4.99. The molecule has 1 aromatic carbocycles. The van der Waals surface area contributed by atoms with Gasteiger partial charge in [-0.3, -0.25) is 4.98 Å². The molecule has 0 aliphatic rings. The molecular formula is C15H18N2. The molecule has 88 valence electrons. The first-order valence-corrected chi connectivity index (χ1v) is 5.96. The molecule has 2 heteroatoms. The van der Waals surface area contributed by atoms with E-state index in [1.807, 2.05) is 25.1 Å². The van der Waals surface area contributed by atoms with Gasteiger partial charge >= 0.3 is 0 Å². The van der Waals surface area contributed by atoms with Crippen LogP contribution in [-0.2, 0) is 6.54 Å². The van der Waals surface area contributed by atoms with E-state index >= 15 is 0 Å². The van der Waals surface area contributed by atoms with Crippen LogP contribution >= 0.6 is 0 Å². The molecule has 2 aromatic rings. The van der Waals surface area contributed by atoms with Crippen LogP contribution < -0.4 is 5.32 Å². The van der Waals surface area contributed by atoms with Crippen LogP contribution in [0.15, 0.2) is 48.5 Å². The van der Waals surface area contributed by atoms with E-state index < -0.39 is 0 Å². The average Bonchev–Trinajstić information content (AvgIpc) is 2.37. The molecule has 0 fully saturated rings. The number of benzene rings is 1. The standard InChI is InChI=1S/C15H18N2/c1-12-7-6-10-15(17-12)11-16-13(2)14-8-4-3-5-9-14/h3-10,13,16H,11H2,1-2H3/t13-/m1/s1. The molecule has 0 aliphatic heterocycles. The molecule has 2 nitrogen and oxygen atoms in total. The minimum absolute atomic E-state index is 0.346. The summed E-state index contributed by atoms with van der Waals surface area (Å²) in [4.78, 5) is 4.48. The average molecular weight is 226 g/mol. The van der Waals surface area contributed by atoms with Gasteiger partial charge in [-0.1, -0.05) is 36.4 Å². The molecule has 0 saturated heterocycles. The second kappa shape index (κ2) is 5.60. The van der Waals surface area contributed by atoms with Crippen LogP contribution in [0.25, 0.3) is 0 Å². The summed E-state index contributed by atoms with van der Waals surface area (Å²) in [5, 5.41) is 3.48. The topological polar surface area (TPSA) is 24.9 Å². The smallest absolute Gasteiger partial charge is 0.0545 e. The summed E-state index contributed by atoms with van der Waals surface area (Å²) in [5.74, 6) is 0. The Morgan fingerprint density at radius 3 is 2.53 bits per heavy atom. The molecule has 1 N–H and O–H groups in total. The monoisotopic (exact) mass is 226 g/mol. The molecule has 0 spiro atoms. The zero-order chi connectivity index (χ0) is 12.1. The number of hydrogen-bond acceptors (Lipinski definition) is 2. The largest absolute Gasteiger partial charge is 0.305 e. The zero-order valence-corrected chi connectivity index (χ0v) is 10.4. The highest BCUT2D eigenvalue weighted by Crippen LogP contribution is 2.11. The van der Waals surface area contributed by atoms with E-state index in [4.69, 9.17) is 0 Å². The predicted octanol–water partition coefficient (Wildman–Crippen LogP) is 3.24. The molecule has 0 radical (unpaired) electrons. The third-order valence-corrected chi connectivity index (χ3v) is 2.83. The SMILES string of the molecule is Cc1cccc(CN[C@H](C)c2ccccc2)n1. The number of aromatic nitrogens is 1. The number of hydrogen-bond donors (Lipinski definition) is 1. The summed E-state index contributed by atoms with van der Waals surface area (Å²) in [6, 6.07) is 16.9. The Hall–Kier alpha value is -1.67. The van der Waals surface area contributed by atoms with Crippen LogP contribution in [0.2, 0.25) is 0 Å². The van der Waals surface area contributed by atoms with Crippen LogP contribution in [0.1, 0.15) is 29.9 Å². The Labute approximate surface area is 103 Å². The summed E-state index contributed by atoms with van der Waals surface area (Å²) >= 11 is 0. The highest BCUT2D eigenvalue weighted by Gasteiger charge is 2.04. The fraction of sp³-hybridized carbons (Fsp3) is 0.267. The van der Waals surface area contributed by atoms with E-state index in [1.165, 1.54) is 5.56 Å². The van der Waals surface area contributed by atoms with Crippen molar-refractivity contribution in [2.24, 2.45) is 0 Å². The molecule has 17 heavy (non-hydrogen) atoms. The van der Waals surface area contributed by atoms with Gasteiger partial charge in [-0.2, -0.15) is 0 Å². The van der Waals surface area contributed by atoms with Crippen molar-refractivity contribution in [3.8, 4) is 0 Å². The van der Waals surface area contributed by atoms with Gasteiger partial charge in [0.05, 0.1) is 5.69 Å². The Balaban J connectivity index is 1.95. The van der Waals surface area contributed by atoms with Gasteiger partial charge in [0.15, 0.2) is 0 Å². The summed E-state index contributed by atoms with van der Waals surface area (Å²) in [6.07, 6.45) is 0. The minimum Gasteiger partial charge on any atom is -0.305 e. The fourth-order valence-electron chi connectivity index (χ4n) is 1.82. The van der Waals surface area contributed by atoms with Gasteiger partial charge in [0.25, 0.3) is 0 Å². The maximum absolute atomic E-state index is 4.48. The quantitative estimate of drug-likeness (QED) is 0.865. The second-order valence-electron chi connectivity index (χ2n) is 4.28. The van der Waals surface area contributed by atoms with Crippen molar-refractivity contribution in [1.29, 1.82) is 0 Å². The maximum atomic E-state index is 4.48. The Morgan fingerprint density at radius 1 is 1.06 bits per heavy atom. The summed E-state index contributed by atoms with van der Waals surface area (Å²) < 4.78 is 0. The zero-order valence-electron chi connectivity index (χ0n) is 10.4. The maximum Gasteiger partial charge on any atom is 0.0545 e. The Bertz CT molecular complexity index is 465. The van der Waals surface area contributed by atoms with Gasteiger partial charge in [0.1, 0.15) is 0 Å². The first-order valence-electron chi connectivity index (χ1n) is 5.96. The van der Waals surface area contributed by atoms with Crippen LogP contribution in [0, 0.1) is 6.92 Å². The molecule has 0 unspecified atom stereocenters. The molecule has 1 aromatic heterocycles. The van der Waals surface area contributed by atoms with Crippen molar-refractivity contribution < 1.29 is 0 Å². The number of nitrogens with zero attached hydrogens (tertiary/aromatic N) is 1. The fourth-order valence-corrected chi connectivity index (χ4v) is 1.82. The van der Waals surface area contributed by atoms with Crippen LogP contribution in [0.3, 0.4) is 0 Å². The van der Waals surface area contributed by atoms with Gasteiger partial charge in [-0.15, -0.1) is 0 Å².